The average Bonchev–Trinajstić information content (AvgIpc) is 3.23. The lowest BCUT2D eigenvalue weighted by Crippen LogP contribution is -2.28. The predicted octanol–water partition coefficient (Wildman–Crippen LogP) is 2.70. The van der Waals surface area contributed by atoms with Crippen LogP contribution in [0.2, 0.25) is 0 Å². The van der Waals surface area contributed by atoms with Crippen LogP contribution >= 0.6 is 0 Å². The predicted molar refractivity (Wildman–Crippen MR) is 87.9 cm³/mol. The van der Waals surface area contributed by atoms with Crippen LogP contribution in [-0.2, 0) is 32.1 Å². The molecule has 154 valence electrons. The van der Waals surface area contributed by atoms with Crippen LogP contribution < -0.4 is 5.73 Å². The second-order valence-corrected chi connectivity index (χ2v) is 6.76. The van der Waals surface area contributed by atoms with E-state index in [0.29, 0.717) is 18.4 Å². The van der Waals surface area contributed by atoms with E-state index < -0.39 is 35.4 Å². The summed E-state index contributed by atoms with van der Waals surface area (Å²) in [6, 6.07) is 0.503. The van der Waals surface area contributed by atoms with Gasteiger partial charge in [-0.3, -0.25) is 0 Å². The average molecular weight is 416 g/mol. The van der Waals surface area contributed by atoms with Gasteiger partial charge in [0.2, 0.25) is 0 Å². The molecule has 3 aromatic rings. The fourth-order valence-corrected chi connectivity index (χ4v) is 3.31. The Kier molecular flexibility index (Phi) is 4.60. The Labute approximate surface area is 160 Å². The van der Waals surface area contributed by atoms with E-state index >= 15 is 0 Å². The molecule has 0 saturated carbocycles. The van der Waals surface area contributed by atoms with Crippen molar-refractivity contribution in [3.05, 3.63) is 52.9 Å². The van der Waals surface area contributed by atoms with Gasteiger partial charge in [-0.25, -0.2) is 18.2 Å². The summed E-state index contributed by atoms with van der Waals surface area (Å²) in [5.74, 6) is -2.78. The van der Waals surface area contributed by atoms with Gasteiger partial charge < -0.3 is 14.9 Å². The standard InChI is InChI=1S/C17H14F6N6/c18-10-6-12(20)11(19)4-8(10)3-9(24)5-14-26-27-16-15-25-13(17(21,22)23)7-28(15)1-2-29(14)16/h4,6-7,9H,1-3,5,24H2/t9-/m1/s1. The van der Waals surface area contributed by atoms with Gasteiger partial charge in [-0.15, -0.1) is 10.2 Å². The molecule has 0 saturated heterocycles. The minimum Gasteiger partial charge on any atom is -0.327 e. The molecule has 12 heteroatoms. The molecule has 6 nitrogen and oxygen atoms in total. The van der Waals surface area contributed by atoms with Crippen LogP contribution in [0, 0.1) is 17.5 Å². The number of aryl methyl sites for hydroxylation is 1. The van der Waals surface area contributed by atoms with E-state index in [1.54, 1.807) is 4.57 Å². The number of benzene rings is 1. The van der Waals surface area contributed by atoms with Gasteiger partial charge >= 0.3 is 6.18 Å². The molecule has 1 aliphatic heterocycles. The SMILES string of the molecule is N[C@H](Cc1cc(F)c(F)cc1F)Cc1nnc2n1CCn1cc(C(F)(F)F)nc1-2. The summed E-state index contributed by atoms with van der Waals surface area (Å²) in [4.78, 5) is 3.61. The van der Waals surface area contributed by atoms with Gasteiger partial charge in [0.15, 0.2) is 29.0 Å². The summed E-state index contributed by atoms with van der Waals surface area (Å²) in [5.41, 5.74) is 4.91. The van der Waals surface area contributed by atoms with Crippen molar-refractivity contribution in [3.63, 3.8) is 0 Å². The summed E-state index contributed by atoms with van der Waals surface area (Å²) in [6.45, 7) is 0.550. The van der Waals surface area contributed by atoms with E-state index in [0.717, 1.165) is 12.3 Å². The summed E-state index contributed by atoms with van der Waals surface area (Å²) >= 11 is 0. The van der Waals surface area contributed by atoms with E-state index in [4.69, 9.17) is 5.73 Å². The molecule has 0 radical (unpaired) electrons. The summed E-state index contributed by atoms with van der Waals surface area (Å²) in [6.07, 6.45) is -3.63. The largest absolute Gasteiger partial charge is 0.434 e. The van der Waals surface area contributed by atoms with E-state index in [9.17, 15) is 26.3 Å². The highest BCUT2D eigenvalue weighted by Gasteiger charge is 2.36. The molecule has 2 N–H and O–H groups in total. The van der Waals surface area contributed by atoms with Gasteiger partial charge in [0.25, 0.3) is 0 Å². The Morgan fingerprint density at radius 3 is 2.41 bits per heavy atom. The zero-order chi connectivity index (χ0) is 20.9. The molecule has 2 aromatic heterocycles. The van der Waals surface area contributed by atoms with E-state index in [1.807, 2.05) is 0 Å². The Morgan fingerprint density at radius 1 is 0.966 bits per heavy atom. The molecule has 0 unspecified atom stereocenters. The van der Waals surface area contributed by atoms with Crippen molar-refractivity contribution >= 4 is 0 Å². The van der Waals surface area contributed by atoms with Gasteiger partial charge in [0.05, 0.1) is 0 Å². The van der Waals surface area contributed by atoms with Crippen LogP contribution in [0.25, 0.3) is 11.6 Å². The maximum Gasteiger partial charge on any atom is 0.434 e. The first-order valence-corrected chi connectivity index (χ1v) is 8.59. The first-order chi connectivity index (χ1) is 13.6. The zero-order valence-corrected chi connectivity index (χ0v) is 14.7. The molecule has 29 heavy (non-hydrogen) atoms. The normalized spacial score (nSPS) is 14.6. The molecule has 0 fully saturated rings. The first kappa shape index (κ1) is 19.4. The smallest absolute Gasteiger partial charge is 0.327 e. The lowest BCUT2D eigenvalue weighted by atomic mass is 10.0. The molecule has 0 bridgehead atoms. The Bertz CT molecular complexity index is 1070. The van der Waals surface area contributed by atoms with Crippen molar-refractivity contribution in [2.45, 2.75) is 38.1 Å². The highest BCUT2D eigenvalue weighted by molar-refractivity contribution is 5.47. The molecule has 1 atom stereocenters. The summed E-state index contributed by atoms with van der Waals surface area (Å²) < 4.78 is 81.9. The molecule has 4 rings (SSSR count). The van der Waals surface area contributed by atoms with Crippen molar-refractivity contribution < 1.29 is 26.3 Å². The third-order valence-corrected chi connectivity index (χ3v) is 4.68. The molecule has 1 aromatic carbocycles. The Morgan fingerprint density at radius 2 is 1.69 bits per heavy atom. The molecule has 3 heterocycles. The van der Waals surface area contributed by atoms with Gasteiger partial charge in [-0.2, -0.15) is 13.2 Å². The van der Waals surface area contributed by atoms with E-state index in [-0.39, 0.29) is 36.6 Å². The fourth-order valence-electron chi connectivity index (χ4n) is 3.31. The number of fused-ring (bicyclic) bond motifs is 3. The summed E-state index contributed by atoms with van der Waals surface area (Å²) in [5, 5.41) is 7.89. The highest BCUT2D eigenvalue weighted by Crippen LogP contribution is 2.32. The fraction of sp³-hybridized carbons (Fsp3) is 0.353. The molecule has 1 aliphatic rings. The van der Waals surface area contributed by atoms with Crippen LogP contribution in [0.1, 0.15) is 17.1 Å². The number of rotatable bonds is 4. The molecule has 0 spiro atoms. The quantitative estimate of drug-likeness (QED) is 0.524. The minimum absolute atomic E-state index is 0.0440. The number of aromatic nitrogens is 5. The third kappa shape index (κ3) is 3.59. The number of halogens is 6. The van der Waals surface area contributed by atoms with Crippen LogP contribution in [0.15, 0.2) is 18.3 Å². The molecular weight excluding hydrogens is 402 g/mol. The highest BCUT2D eigenvalue weighted by atomic mass is 19.4. The summed E-state index contributed by atoms with van der Waals surface area (Å²) in [7, 11) is 0. The number of nitrogens with zero attached hydrogens (tertiary/aromatic N) is 5. The molecular formula is C17H14F6N6. The van der Waals surface area contributed by atoms with Gasteiger partial charge in [-0.05, 0) is 18.1 Å². The maximum atomic E-state index is 13.8. The van der Waals surface area contributed by atoms with Gasteiger partial charge in [0.1, 0.15) is 11.6 Å². The zero-order valence-electron chi connectivity index (χ0n) is 14.7. The van der Waals surface area contributed by atoms with Crippen LogP contribution in [-0.4, -0.2) is 30.4 Å². The minimum atomic E-state index is -4.57. The van der Waals surface area contributed by atoms with Crippen molar-refractivity contribution in [3.8, 4) is 11.6 Å². The number of alkyl halides is 3. The van der Waals surface area contributed by atoms with Crippen molar-refractivity contribution in [1.82, 2.24) is 24.3 Å². The number of nitrogens with two attached hydrogens (primary N) is 1. The first-order valence-electron chi connectivity index (χ1n) is 8.59. The van der Waals surface area contributed by atoms with Crippen LogP contribution in [0.3, 0.4) is 0 Å². The van der Waals surface area contributed by atoms with Crippen LogP contribution in [0.4, 0.5) is 26.3 Å². The Hall–Kier alpha value is -2.89. The third-order valence-electron chi connectivity index (χ3n) is 4.68. The second kappa shape index (κ2) is 6.87. The molecule has 0 aliphatic carbocycles. The van der Waals surface area contributed by atoms with Gasteiger partial charge in [0, 0.05) is 37.8 Å². The maximum absolute atomic E-state index is 13.8. The van der Waals surface area contributed by atoms with E-state index in [2.05, 4.69) is 15.2 Å². The van der Waals surface area contributed by atoms with E-state index in [1.165, 1.54) is 4.57 Å². The lowest BCUT2D eigenvalue weighted by molar-refractivity contribution is -0.140. The van der Waals surface area contributed by atoms with Crippen molar-refractivity contribution in [2.24, 2.45) is 5.73 Å². The lowest BCUT2D eigenvalue weighted by Gasteiger charge is -2.18. The van der Waals surface area contributed by atoms with Crippen molar-refractivity contribution in [1.29, 1.82) is 0 Å². The van der Waals surface area contributed by atoms with Crippen LogP contribution in [0.5, 0.6) is 0 Å². The molecule has 0 amide bonds. The van der Waals surface area contributed by atoms with Crippen molar-refractivity contribution in [2.75, 3.05) is 0 Å². The number of imidazole rings is 1. The second-order valence-electron chi connectivity index (χ2n) is 6.76. The van der Waals surface area contributed by atoms with Gasteiger partial charge in [-0.1, -0.05) is 0 Å². The topological polar surface area (TPSA) is 74.5 Å². The number of hydrogen-bond acceptors (Lipinski definition) is 4. The monoisotopic (exact) mass is 416 g/mol. The number of hydrogen-bond donors (Lipinski definition) is 1. The Balaban J connectivity index is 1.55.